The van der Waals surface area contributed by atoms with Crippen molar-refractivity contribution in [1.29, 1.82) is 0 Å². The quantitative estimate of drug-likeness (QED) is 0.494. The number of methoxy groups -OCH3 is 1. The zero-order chi connectivity index (χ0) is 27.7. The maximum atomic E-state index is 13.3. The molecule has 3 heterocycles. The smallest absolute Gasteiger partial charge is 0.464 e. The van der Waals surface area contributed by atoms with Crippen molar-refractivity contribution in [1.82, 2.24) is 14.7 Å². The second kappa shape index (κ2) is 10.4. The van der Waals surface area contributed by atoms with E-state index in [2.05, 4.69) is 4.99 Å². The third kappa shape index (κ3) is 5.45. The predicted molar refractivity (Wildman–Crippen MR) is 135 cm³/mol. The Morgan fingerprint density at radius 3 is 2.49 bits per heavy atom. The van der Waals surface area contributed by atoms with E-state index in [4.69, 9.17) is 9.15 Å². The normalized spacial score (nSPS) is 18.4. The lowest BCUT2D eigenvalue weighted by Gasteiger charge is -2.26. The highest BCUT2D eigenvalue weighted by Crippen LogP contribution is 2.28. The summed E-state index contributed by atoms with van der Waals surface area (Å²) in [5.41, 5.74) is 3.25. The fourth-order valence-electron chi connectivity index (χ4n) is 4.90. The Kier molecular flexibility index (Phi) is 7.02. The molecular formula is C27H25F3N4O5. The summed E-state index contributed by atoms with van der Waals surface area (Å²) in [4.78, 5) is 45.0. The van der Waals surface area contributed by atoms with E-state index in [9.17, 15) is 27.6 Å². The highest BCUT2D eigenvalue weighted by atomic mass is 19.4. The summed E-state index contributed by atoms with van der Waals surface area (Å²) < 4.78 is 48.9. The van der Waals surface area contributed by atoms with Crippen LogP contribution >= 0.6 is 0 Å². The third-order valence-electron chi connectivity index (χ3n) is 6.89. The first-order valence-corrected chi connectivity index (χ1v) is 12.3. The molecule has 12 heteroatoms. The number of aliphatic imine (C=N–C) groups is 1. The van der Waals surface area contributed by atoms with Gasteiger partial charge >= 0.3 is 18.2 Å². The van der Waals surface area contributed by atoms with Gasteiger partial charge < -0.3 is 14.1 Å². The van der Waals surface area contributed by atoms with Gasteiger partial charge in [0.2, 0.25) is 5.91 Å². The molecule has 1 atom stereocenters. The first kappa shape index (κ1) is 26.3. The first-order valence-electron chi connectivity index (χ1n) is 12.3. The summed E-state index contributed by atoms with van der Waals surface area (Å²) in [5.74, 6) is -2.44. The topological polar surface area (TPSA) is 95.7 Å². The van der Waals surface area contributed by atoms with Gasteiger partial charge in [0.25, 0.3) is 0 Å². The van der Waals surface area contributed by atoms with Crippen LogP contribution in [0.15, 0.2) is 64.2 Å². The van der Waals surface area contributed by atoms with Crippen molar-refractivity contribution in [2.45, 2.75) is 12.6 Å². The van der Waals surface area contributed by atoms with Gasteiger partial charge in [-0.2, -0.15) is 13.2 Å². The Labute approximate surface area is 221 Å². The van der Waals surface area contributed by atoms with Crippen LogP contribution in [0, 0.1) is 5.92 Å². The van der Waals surface area contributed by atoms with E-state index in [1.165, 1.54) is 12.0 Å². The van der Waals surface area contributed by atoms with Crippen LogP contribution in [0.4, 0.5) is 18.0 Å². The van der Waals surface area contributed by atoms with Crippen molar-refractivity contribution in [2.75, 3.05) is 40.0 Å². The minimum absolute atomic E-state index is 0.0488. The van der Waals surface area contributed by atoms with Crippen molar-refractivity contribution in [3.63, 3.8) is 0 Å². The van der Waals surface area contributed by atoms with Gasteiger partial charge in [0.1, 0.15) is 24.6 Å². The number of hydrogen-bond donors (Lipinski definition) is 0. The van der Waals surface area contributed by atoms with Crippen LogP contribution in [0.5, 0.6) is 0 Å². The Bertz CT molecular complexity index is 1430. The second-order valence-corrected chi connectivity index (χ2v) is 9.45. The largest absolute Gasteiger partial charge is 0.471 e. The fraction of sp³-hybridized carbons (Fsp3) is 0.333. The van der Waals surface area contributed by atoms with E-state index in [-0.39, 0.29) is 32.8 Å². The number of amides is 3. The first-order chi connectivity index (χ1) is 18.6. The lowest BCUT2D eigenvalue weighted by atomic mass is 10.0. The molecule has 2 aromatic carbocycles. The average molecular weight is 543 g/mol. The number of rotatable bonds is 4. The number of benzene rings is 2. The van der Waals surface area contributed by atoms with Crippen molar-refractivity contribution >= 4 is 34.7 Å². The van der Waals surface area contributed by atoms with Gasteiger partial charge in [-0.05, 0) is 41.7 Å². The summed E-state index contributed by atoms with van der Waals surface area (Å²) in [6.45, 7) is -0.576. The van der Waals surface area contributed by atoms with Gasteiger partial charge in [-0.15, -0.1) is 0 Å². The molecule has 1 unspecified atom stereocenters. The van der Waals surface area contributed by atoms with Crippen molar-refractivity contribution < 1.29 is 36.7 Å². The van der Waals surface area contributed by atoms with Crippen LogP contribution in [0.2, 0.25) is 0 Å². The Balaban J connectivity index is 1.41. The van der Waals surface area contributed by atoms with E-state index in [0.29, 0.717) is 17.8 Å². The Morgan fingerprint density at radius 1 is 1.05 bits per heavy atom. The van der Waals surface area contributed by atoms with E-state index >= 15 is 0 Å². The molecule has 0 spiro atoms. The SMILES string of the molecule is COC(=O)N1CN=C(c2ccc(-c3ccc4occc4c3)cc2)N(CC2CCN(C(=O)C(F)(F)F)C2)C(=O)C1. The molecule has 0 aliphatic carbocycles. The van der Waals surface area contributed by atoms with E-state index in [0.717, 1.165) is 31.9 Å². The van der Waals surface area contributed by atoms with Crippen LogP contribution in [0.3, 0.4) is 0 Å². The lowest BCUT2D eigenvalue weighted by Crippen LogP contribution is -2.45. The van der Waals surface area contributed by atoms with Crippen molar-refractivity contribution in [3.8, 4) is 11.1 Å². The number of ether oxygens (including phenoxy) is 1. The highest BCUT2D eigenvalue weighted by molar-refractivity contribution is 6.09. The summed E-state index contributed by atoms with van der Waals surface area (Å²) >= 11 is 0. The molecule has 2 aliphatic rings. The Morgan fingerprint density at radius 2 is 1.77 bits per heavy atom. The summed E-state index contributed by atoms with van der Waals surface area (Å²) in [7, 11) is 1.20. The lowest BCUT2D eigenvalue weighted by molar-refractivity contribution is -0.184. The van der Waals surface area contributed by atoms with Crippen LogP contribution in [-0.2, 0) is 14.3 Å². The molecule has 204 valence electrons. The number of furan rings is 1. The second-order valence-electron chi connectivity index (χ2n) is 9.45. The summed E-state index contributed by atoms with van der Waals surface area (Å²) in [6, 6.07) is 15.0. The number of halogens is 3. The van der Waals surface area contributed by atoms with Gasteiger partial charge in [0.15, 0.2) is 0 Å². The molecule has 0 radical (unpaired) electrons. The standard InChI is InChI=1S/C27H25F3N4O5/c1-38-26(37)33-15-23(35)34(14-17-8-10-32(13-17)25(36)27(28,29)30)24(31-16-33)19-4-2-18(3-5-19)20-6-7-22-21(12-20)9-11-39-22/h2-7,9,11-12,17H,8,10,13-16H2,1H3. The van der Waals surface area contributed by atoms with Gasteiger partial charge in [-0.3, -0.25) is 19.4 Å². The molecule has 1 saturated heterocycles. The molecule has 3 amide bonds. The number of likely N-dealkylation sites (tertiary alicyclic amines) is 1. The number of carbonyl (C=O) groups is 3. The zero-order valence-corrected chi connectivity index (χ0v) is 21.0. The molecule has 2 aliphatic heterocycles. The summed E-state index contributed by atoms with van der Waals surface area (Å²) in [6.07, 6.45) is -3.76. The molecule has 9 nitrogen and oxygen atoms in total. The number of carbonyl (C=O) groups excluding carboxylic acids is 3. The van der Waals surface area contributed by atoms with Crippen molar-refractivity contribution in [2.24, 2.45) is 10.9 Å². The third-order valence-corrected chi connectivity index (χ3v) is 6.89. The molecule has 5 rings (SSSR count). The highest BCUT2D eigenvalue weighted by Gasteiger charge is 2.45. The molecule has 39 heavy (non-hydrogen) atoms. The number of fused-ring (bicyclic) bond motifs is 1. The molecule has 3 aromatic rings. The van der Waals surface area contributed by atoms with Crippen LogP contribution < -0.4 is 0 Å². The van der Waals surface area contributed by atoms with Crippen LogP contribution in [0.25, 0.3) is 22.1 Å². The van der Waals surface area contributed by atoms with Gasteiger partial charge in [-0.25, -0.2) is 9.79 Å². The van der Waals surface area contributed by atoms with E-state index in [1.807, 2.05) is 36.4 Å². The molecule has 0 bridgehead atoms. The molecule has 0 saturated carbocycles. The van der Waals surface area contributed by atoms with E-state index in [1.54, 1.807) is 18.4 Å². The number of alkyl halides is 3. The number of amidine groups is 1. The minimum atomic E-state index is -4.95. The van der Waals surface area contributed by atoms with E-state index < -0.39 is 30.0 Å². The predicted octanol–water partition coefficient (Wildman–Crippen LogP) is 4.13. The molecule has 0 N–H and O–H groups in total. The average Bonchev–Trinajstić information content (AvgIpc) is 3.56. The number of hydrogen-bond acceptors (Lipinski definition) is 6. The maximum Gasteiger partial charge on any atom is 0.471 e. The monoisotopic (exact) mass is 542 g/mol. The fourth-order valence-corrected chi connectivity index (χ4v) is 4.90. The van der Waals surface area contributed by atoms with Gasteiger partial charge in [0, 0.05) is 30.6 Å². The molecular weight excluding hydrogens is 517 g/mol. The minimum Gasteiger partial charge on any atom is -0.464 e. The molecule has 1 aromatic heterocycles. The summed E-state index contributed by atoms with van der Waals surface area (Å²) in [5, 5.41) is 0.957. The Hall–Kier alpha value is -4.35. The van der Waals surface area contributed by atoms with Crippen molar-refractivity contribution in [3.05, 3.63) is 60.4 Å². The van der Waals surface area contributed by atoms with Crippen LogP contribution in [0.1, 0.15) is 12.0 Å². The van der Waals surface area contributed by atoms with Crippen LogP contribution in [-0.4, -0.2) is 84.6 Å². The maximum absolute atomic E-state index is 13.3. The number of nitrogens with zero attached hydrogens (tertiary/aromatic N) is 4. The van der Waals surface area contributed by atoms with Gasteiger partial charge in [-0.1, -0.05) is 30.3 Å². The zero-order valence-electron chi connectivity index (χ0n) is 21.0. The molecule has 1 fully saturated rings. The van der Waals surface area contributed by atoms with Gasteiger partial charge in [0.05, 0.1) is 13.4 Å².